The molecule has 3 aromatic heterocycles. The summed E-state index contributed by atoms with van der Waals surface area (Å²) in [4.78, 5) is 15.9. The molecule has 0 aliphatic heterocycles. The second-order valence-electron chi connectivity index (χ2n) is 4.35. The lowest BCUT2D eigenvalue weighted by Crippen LogP contribution is -2.22. The summed E-state index contributed by atoms with van der Waals surface area (Å²) in [6.45, 7) is 0.368. The standard InChI is InChI=1S/C14H13N3O4/c18-12(15-9-10-3-1-7-19-10)5-6-13-16-14(17-21-13)11-4-2-8-20-11/h1-4,7-8H,5-6,9H2,(H,15,18). The summed E-state index contributed by atoms with van der Waals surface area (Å²) in [7, 11) is 0. The molecule has 0 atom stereocenters. The first kappa shape index (κ1) is 13.2. The lowest BCUT2D eigenvalue weighted by molar-refractivity contribution is -0.121. The van der Waals surface area contributed by atoms with E-state index in [0.717, 1.165) is 0 Å². The molecule has 108 valence electrons. The van der Waals surface area contributed by atoms with Gasteiger partial charge in [-0.3, -0.25) is 4.79 Å². The van der Waals surface area contributed by atoms with E-state index in [1.54, 1.807) is 30.5 Å². The number of nitrogens with zero attached hydrogens (tertiary/aromatic N) is 2. The molecule has 1 amide bonds. The summed E-state index contributed by atoms with van der Waals surface area (Å²) < 4.78 is 15.4. The van der Waals surface area contributed by atoms with E-state index in [0.29, 0.717) is 36.2 Å². The van der Waals surface area contributed by atoms with Crippen LogP contribution in [-0.4, -0.2) is 16.0 Å². The second kappa shape index (κ2) is 6.08. The van der Waals surface area contributed by atoms with Gasteiger partial charge in [0.05, 0.1) is 19.1 Å². The number of furan rings is 2. The molecule has 3 heterocycles. The number of hydrogen-bond acceptors (Lipinski definition) is 6. The Kier molecular flexibility index (Phi) is 3.81. The number of carbonyl (C=O) groups excluding carboxylic acids is 1. The smallest absolute Gasteiger partial charge is 0.238 e. The first-order valence-electron chi connectivity index (χ1n) is 6.47. The molecule has 0 fully saturated rings. The summed E-state index contributed by atoms with van der Waals surface area (Å²) in [5.74, 6) is 1.92. The van der Waals surface area contributed by atoms with Crippen molar-refractivity contribution in [2.24, 2.45) is 0 Å². The maximum atomic E-state index is 11.7. The molecular formula is C14H13N3O4. The van der Waals surface area contributed by atoms with Crippen LogP contribution >= 0.6 is 0 Å². The Bertz CT molecular complexity index is 686. The molecule has 0 unspecified atom stereocenters. The van der Waals surface area contributed by atoms with Crippen molar-refractivity contribution < 1.29 is 18.2 Å². The largest absolute Gasteiger partial charge is 0.467 e. The Hall–Kier alpha value is -2.83. The molecule has 7 heteroatoms. The molecule has 0 bridgehead atoms. The monoisotopic (exact) mass is 287 g/mol. The molecule has 7 nitrogen and oxygen atoms in total. The fourth-order valence-corrected chi connectivity index (χ4v) is 1.77. The van der Waals surface area contributed by atoms with Crippen molar-refractivity contribution in [1.29, 1.82) is 0 Å². The molecule has 0 aliphatic rings. The molecule has 0 saturated heterocycles. The zero-order chi connectivity index (χ0) is 14.5. The van der Waals surface area contributed by atoms with Crippen LogP contribution in [0.25, 0.3) is 11.6 Å². The predicted molar refractivity (Wildman–Crippen MR) is 70.9 cm³/mol. The van der Waals surface area contributed by atoms with Crippen molar-refractivity contribution in [3.8, 4) is 11.6 Å². The zero-order valence-electron chi connectivity index (χ0n) is 11.1. The fourth-order valence-electron chi connectivity index (χ4n) is 1.77. The highest BCUT2D eigenvalue weighted by atomic mass is 16.5. The Balaban J connectivity index is 1.47. The average Bonchev–Trinajstić information content (AvgIpc) is 3.24. The number of rotatable bonds is 6. The Morgan fingerprint density at radius 1 is 1.19 bits per heavy atom. The molecule has 1 N–H and O–H groups in total. The normalized spacial score (nSPS) is 10.7. The lowest BCUT2D eigenvalue weighted by atomic mass is 10.3. The third-order valence-electron chi connectivity index (χ3n) is 2.82. The summed E-state index contributed by atoms with van der Waals surface area (Å²) in [6, 6.07) is 7.06. The van der Waals surface area contributed by atoms with Crippen molar-refractivity contribution in [1.82, 2.24) is 15.5 Å². The topological polar surface area (TPSA) is 94.3 Å². The highest BCUT2D eigenvalue weighted by Gasteiger charge is 2.12. The highest BCUT2D eigenvalue weighted by molar-refractivity contribution is 5.75. The molecule has 0 aromatic carbocycles. The minimum atomic E-state index is -0.107. The van der Waals surface area contributed by atoms with Crippen LogP contribution in [0.4, 0.5) is 0 Å². The third-order valence-corrected chi connectivity index (χ3v) is 2.82. The van der Waals surface area contributed by atoms with Gasteiger partial charge >= 0.3 is 0 Å². The number of aryl methyl sites for hydroxylation is 1. The van der Waals surface area contributed by atoms with Gasteiger partial charge in [0.15, 0.2) is 5.76 Å². The van der Waals surface area contributed by atoms with Crippen molar-refractivity contribution in [3.63, 3.8) is 0 Å². The van der Waals surface area contributed by atoms with Crippen LogP contribution in [0.5, 0.6) is 0 Å². The molecular weight excluding hydrogens is 274 g/mol. The van der Waals surface area contributed by atoms with Gasteiger partial charge in [0.1, 0.15) is 5.76 Å². The summed E-state index contributed by atoms with van der Waals surface area (Å²) in [6.07, 6.45) is 3.74. The Labute approximate surface area is 119 Å². The third kappa shape index (κ3) is 3.38. The van der Waals surface area contributed by atoms with Crippen molar-refractivity contribution in [3.05, 3.63) is 48.4 Å². The average molecular weight is 287 g/mol. The second-order valence-corrected chi connectivity index (χ2v) is 4.35. The van der Waals surface area contributed by atoms with E-state index in [1.165, 1.54) is 6.26 Å². The molecule has 21 heavy (non-hydrogen) atoms. The van der Waals surface area contributed by atoms with Gasteiger partial charge in [0.2, 0.25) is 17.6 Å². The van der Waals surface area contributed by atoms with E-state index in [2.05, 4.69) is 15.5 Å². The van der Waals surface area contributed by atoms with Gasteiger partial charge in [0, 0.05) is 12.8 Å². The number of amides is 1. The van der Waals surface area contributed by atoms with Crippen LogP contribution in [0.3, 0.4) is 0 Å². The highest BCUT2D eigenvalue weighted by Crippen LogP contribution is 2.16. The van der Waals surface area contributed by atoms with E-state index in [4.69, 9.17) is 13.4 Å². The van der Waals surface area contributed by atoms with Crippen molar-refractivity contribution >= 4 is 5.91 Å². The minimum absolute atomic E-state index is 0.107. The van der Waals surface area contributed by atoms with Crippen LogP contribution in [0.15, 0.2) is 50.1 Å². The number of hydrogen-bond donors (Lipinski definition) is 1. The van der Waals surface area contributed by atoms with Gasteiger partial charge in [-0.2, -0.15) is 4.98 Å². The van der Waals surface area contributed by atoms with E-state index >= 15 is 0 Å². The molecule has 0 radical (unpaired) electrons. The molecule has 3 rings (SSSR count). The predicted octanol–water partition coefficient (Wildman–Crippen LogP) is 2.17. The van der Waals surface area contributed by atoms with Gasteiger partial charge in [-0.15, -0.1) is 0 Å². The fraction of sp³-hybridized carbons (Fsp3) is 0.214. The van der Waals surface area contributed by atoms with Crippen LogP contribution < -0.4 is 5.32 Å². The molecule has 3 aromatic rings. The first-order chi connectivity index (χ1) is 10.3. The minimum Gasteiger partial charge on any atom is -0.467 e. The van der Waals surface area contributed by atoms with Gasteiger partial charge in [-0.25, -0.2) is 0 Å². The zero-order valence-corrected chi connectivity index (χ0v) is 11.1. The van der Waals surface area contributed by atoms with E-state index in [9.17, 15) is 4.79 Å². The van der Waals surface area contributed by atoms with E-state index in [1.807, 2.05) is 0 Å². The van der Waals surface area contributed by atoms with Gasteiger partial charge in [-0.1, -0.05) is 5.16 Å². The van der Waals surface area contributed by atoms with E-state index < -0.39 is 0 Å². The van der Waals surface area contributed by atoms with Gasteiger partial charge in [-0.05, 0) is 24.3 Å². The SMILES string of the molecule is O=C(CCc1nc(-c2ccco2)no1)NCc1ccco1. The summed E-state index contributed by atoms with van der Waals surface area (Å²) in [5.41, 5.74) is 0. The van der Waals surface area contributed by atoms with Crippen LogP contribution in [-0.2, 0) is 17.8 Å². The Morgan fingerprint density at radius 3 is 2.81 bits per heavy atom. The number of aromatic nitrogens is 2. The maximum Gasteiger partial charge on any atom is 0.238 e. The lowest BCUT2D eigenvalue weighted by Gasteiger charge is -2.01. The van der Waals surface area contributed by atoms with Crippen LogP contribution in [0.2, 0.25) is 0 Å². The number of carbonyl (C=O) groups is 1. The molecule has 0 aliphatic carbocycles. The summed E-state index contributed by atoms with van der Waals surface area (Å²) in [5, 5.41) is 6.55. The molecule has 0 saturated carbocycles. The van der Waals surface area contributed by atoms with Crippen LogP contribution in [0, 0.1) is 0 Å². The Morgan fingerprint density at radius 2 is 2.05 bits per heavy atom. The quantitative estimate of drug-likeness (QED) is 0.746. The number of nitrogens with one attached hydrogen (secondary N) is 1. The van der Waals surface area contributed by atoms with Crippen molar-refractivity contribution in [2.75, 3.05) is 0 Å². The maximum absolute atomic E-state index is 11.7. The first-order valence-corrected chi connectivity index (χ1v) is 6.47. The van der Waals surface area contributed by atoms with E-state index in [-0.39, 0.29) is 12.3 Å². The molecule has 0 spiro atoms. The van der Waals surface area contributed by atoms with Gasteiger partial charge < -0.3 is 18.7 Å². The van der Waals surface area contributed by atoms with Crippen molar-refractivity contribution in [2.45, 2.75) is 19.4 Å². The van der Waals surface area contributed by atoms with Crippen LogP contribution in [0.1, 0.15) is 18.1 Å². The summed E-state index contributed by atoms with van der Waals surface area (Å²) >= 11 is 0. The van der Waals surface area contributed by atoms with Gasteiger partial charge in [0.25, 0.3) is 0 Å².